The maximum Gasteiger partial charge on any atom is 0.306 e. The van der Waals surface area contributed by atoms with Crippen LogP contribution in [0.5, 0.6) is 5.75 Å². The summed E-state index contributed by atoms with van der Waals surface area (Å²) < 4.78 is 13.8. The van der Waals surface area contributed by atoms with Gasteiger partial charge < -0.3 is 14.0 Å². The van der Waals surface area contributed by atoms with Crippen molar-refractivity contribution in [3.05, 3.63) is 50.8 Å². The van der Waals surface area contributed by atoms with Crippen LogP contribution in [0, 0.1) is 0 Å². The fourth-order valence-corrected chi connectivity index (χ4v) is 4.36. The van der Waals surface area contributed by atoms with E-state index in [1.54, 1.807) is 18.4 Å². The number of ether oxygens (including phenoxy) is 2. The molecule has 3 rings (SSSR count). The Morgan fingerprint density at radius 3 is 2.80 bits per heavy atom. The van der Waals surface area contributed by atoms with Crippen LogP contribution in [-0.4, -0.2) is 24.3 Å². The van der Waals surface area contributed by atoms with Crippen molar-refractivity contribution in [1.29, 1.82) is 0 Å². The van der Waals surface area contributed by atoms with E-state index in [1.807, 2.05) is 19.1 Å². The van der Waals surface area contributed by atoms with E-state index >= 15 is 0 Å². The Kier molecular flexibility index (Phi) is 5.81. The van der Waals surface area contributed by atoms with Crippen LogP contribution in [0.1, 0.15) is 23.8 Å². The van der Waals surface area contributed by atoms with Gasteiger partial charge in [-0.1, -0.05) is 0 Å². The predicted molar refractivity (Wildman–Crippen MR) is 105 cm³/mol. The number of esters is 1. The van der Waals surface area contributed by atoms with Gasteiger partial charge in [-0.3, -0.25) is 4.79 Å². The molecule has 0 saturated heterocycles. The van der Waals surface area contributed by atoms with Crippen LogP contribution in [0.2, 0.25) is 0 Å². The Balaban J connectivity index is 1.92. The summed E-state index contributed by atoms with van der Waals surface area (Å²) in [5, 5.41) is 1.12. The first kappa shape index (κ1) is 18.0. The normalized spacial score (nSPS) is 11.0. The smallest absolute Gasteiger partial charge is 0.306 e. The number of rotatable bonds is 7. The molecule has 0 aliphatic heterocycles. The van der Waals surface area contributed by atoms with E-state index in [0.29, 0.717) is 19.4 Å². The first-order valence-corrected chi connectivity index (χ1v) is 9.77. The van der Waals surface area contributed by atoms with E-state index in [9.17, 15) is 4.79 Å². The van der Waals surface area contributed by atoms with Gasteiger partial charge in [0, 0.05) is 28.4 Å². The van der Waals surface area contributed by atoms with E-state index in [4.69, 9.17) is 9.47 Å². The molecular weight excluding hydrogens is 402 g/mol. The third-order valence-electron chi connectivity index (χ3n) is 4.03. The maximum absolute atomic E-state index is 11.7. The lowest BCUT2D eigenvalue weighted by molar-refractivity contribution is -0.143. The van der Waals surface area contributed by atoms with Gasteiger partial charge in [0.05, 0.1) is 24.0 Å². The highest BCUT2D eigenvalue weighted by molar-refractivity contribution is 9.11. The largest absolute Gasteiger partial charge is 0.497 e. The molecule has 0 unspecified atom stereocenters. The number of nitrogens with zero attached hydrogens (tertiary/aromatic N) is 1. The van der Waals surface area contributed by atoms with Gasteiger partial charge in [0.25, 0.3) is 0 Å². The highest BCUT2D eigenvalue weighted by Crippen LogP contribution is 2.29. The molecule has 1 aromatic carbocycles. The van der Waals surface area contributed by atoms with Gasteiger partial charge in [-0.15, -0.1) is 11.3 Å². The van der Waals surface area contributed by atoms with Crippen LogP contribution < -0.4 is 4.74 Å². The fraction of sp³-hybridized carbons (Fsp3) is 0.316. The van der Waals surface area contributed by atoms with E-state index in [2.05, 4.69) is 44.9 Å². The summed E-state index contributed by atoms with van der Waals surface area (Å²) in [4.78, 5) is 13.0. The van der Waals surface area contributed by atoms with E-state index in [-0.39, 0.29) is 5.97 Å². The quantitative estimate of drug-likeness (QED) is 0.502. The summed E-state index contributed by atoms with van der Waals surface area (Å²) in [7, 11) is 1.67. The van der Waals surface area contributed by atoms with Crippen LogP contribution in [0.15, 0.2) is 40.3 Å². The van der Waals surface area contributed by atoms with Gasteiger partial charge in [-0.2, -0.15) is 0 Å². The molecule has 0 saturated carbocycles. The lowest BCUT2D eigenvalue weighted by atomic mass is 10.1. The number of fused-ring (bicyclic) bond motifs is 1. The number of aryl methyl sites for hydroxylation is 1. The van der Waals surface area contributed by atoms with Crippen molar-refractivity contribution in [1.82, 2.24) is 4.57 Å². The molecule has 0 atom stereocenters. The lowest BCUT2D eigenvalue weighted by Crippen LogP contribution is -2.05. The zero-order chi connectivity index (χ0) is 17.8. The first-order chi connectivity index (χ1) is 12.1. The highest BCUT2D eigenvalue weighted by Gasteiger charge is 2.13. The minimum Gasteiger partial charge on any atom is -0.497 e. The second-order valence-electron chi connectivity index (χ2n) is 5.68. The van der Waals surface area contributed by atoms with Gasteiger partial charge in [0.2, 0.25) is 0 Å². The highest BCUT2D eigenvalue weighted by atomic mass is 79.9. The molecule has 6 heteroatoms. The van der Waals surface area contributed by atoms with Crippen molar-refractivity contribution >= 4 is 44.1 Å². The fourth-order valence-electron chi connectivity index (χ4n) is 2.88. The molecule has 0 fully saturated rings. The number of aromatic nitrogens is 1. The van der Waals surface area contributed by atoms with Gasteiger partial charge in [0.1, 0.15) is 5.75 Å². The molecule has 2 heterocycles. The molecule has 0 radical (unpaired) electrons. The third kappa shape index (κ3) is 4.25. The molecule has 3 aromatic rings. The zero-order valence-electron chi connectivity index (χ0n) is 14.3. The molecule has 0 aliphatic rings. The Hall–Kier alpha value is -1.79. The maximum atomic E-state index is 11.7. The number of hydrogen-bond donors (Lipinski definition) is 0. The second-order valence-corrected chi connectivity index (χ2v) is 8.22. The van der Waals surface area contributed by atoms with Crippen molar-refractivity contribution in [3.8, 4) is 5.75 Å². The number of hydrogen-bond acceptors (Lipinski definition) is 4. The van der Waals surface area contributed by atoms with Gasteiger partial charge in [-0.25, -0.2) is 0 Å². The van der Waals surface area contributed by atoms with Crippen molar-refractivity contribution in [2.45, 2.75) is 26.3 Å². The minimum atomic E-state index is -0.159. The topological polar surface area (TPSA) is 40.5 Å². The zero-order valence-corrected chi connectivity index (χ0v) is 16.7. The van der Waals surface area contributed by atoms with Gasteiger partial charge in [-0.05, 0) is 65.2 Å². The molecule has 132 valence electrons. The first-order valence-electron chi connectivity index (χ1n) is 8.16. The number of carbonyl (C=O) groups is 1. The minimum absolute atomic E-state index is 0.159. The molecule has 0 bridgehead atoms. The Morgan fingerprint density at radius 1 is 1.28 bits per heavy atom. The number of benzene rings is 1. The predicted octanol–water partition coefficient (Wildman–Crippen LogP) is 5.02. The van der Waals surface area contributed by atoms with Gasteiger partial charge in [0.15, 0.2) is 0 Å². The van der Waals surface area contributed by atoms with E-state index < -0.39 is 0 Å². The van der Waals surface area contributed by atoms with Crippen LogP contribution in [0.25, 0.3) is 10.9 Å². The molecule has 4 nitrogen and oxygen atoms in total. The van der Waals surface area contributed by atoms with Crippen LogP contribution in [0.4, 0.5) is 0 Å². The van der Waals surface area contributed by atoms with Crippen LogP contribution >= 0.6 is 27.3 Å². The van der Waals surface area contributed by atoms with Crippen molar-refractivity contribution in [2.75, 3.05) is 13.7 Å². The number of methoxy groups -OCH3 is 1. The van der Waals surface area contributed by atoms with Crippen LogP contribution in [-0.2, 0) is 22.5 Å². The Morgan fingerprint density at radius 2 is 2.12 bits per heavy atom. The number of halogens is 1. The molecule has 0 aliphatic carbocycles. The Bertz CT molecular complexity index is 884. The summed E-state index contributed by atoms with van der Waals surface area (Å²) in [5.41, 5.74) is 2.28. The van der Waals surface area contributed by atoms with Gasteiger partial charge >= 0.3 is 5.97 Å². The molecule has 0 spiro atoms. The summed E-state index contributed by atoms with van der Waals surface area (Å²) in [6, 6.07) is 10.3. The van der Waals surface area contributed by atoms with Crippen LogP contribution in [0.3, 0.4) is 0 Å². The average Bonchev–Trinajstić information content (AvgIpc) is 3.17. The Labute approximate surface area is 159 Å². The second kappa shape index (κ2) is 8.06. The number of thiophene rings is 1. The van der Waals surface area contributed by atoms with E-state index in [1.165, 1.54) is 4.88 Å². The molecule has 0 amide bonds. The van der Waals surface area contributed by atoms with E-state index in [0.717, 1.165) is 32.5 Å². The molecular formula is C19H20BrNO3S. The standard InChI is InChI=1S/C19H20BrNO3S/c1-3-24-19(22)9-4-13-11-21(12-15-6-8-18(20)25-15)17-7-5-14(23-2)10-16(13)17/h5-8,10-11H,3-4,9,12H2,1-2H3. The molecule has 0 N–H and O–H groups in total. The van der Waals surface area contributed by atoms with Crippen molar-refractivity contribution in [3.63, 3.8) is 0 Å². The monoisotopic (exact) mass is 421 g/mol. The summed E-state index contributed by atoms with van der Waals surface area (Å²) >= 11 is 5.25. The summed E-state index contributed by atoms with van der Waals surface area (Å²) in [6.45, 7) is 3.05. The third-order valence-corrected chi connectivity index (χ3v) is 5.64. The molecule has 25 heavy (non-hydrogen) atoms. The lowest BCUT2D eigenvalue weighted by Gasteiger charge is -2.04. The van der Waals surface area contributed by atoms with Crippen molar-refractivity contribution < 1.29 is 14.3 Å². The summed E-state index contributed by atoms with van der Waals surface area (Å²) in [6.07, 6.45) is 3.18. The van der Waals surface area contributed by atoms with Crippen molar-refractivity contribution in [2.24, 2.45) is 0 Å². The number of carbonyl (C=O) groups excluding carboxylic acids is 1. The average molecular weight is 422 g/mol. The SMILES string of the molecule is CCOC(=O)CCc1cn(Cc2ccc(Br)s2)c2ccc(OC)cc12. The summed E-state index contributed by atoms with van der Waals surface area (Å²) in [5.74, 6) is 0.662. The molecule has 2 aromatic heterocycles.